The van der Waals surface area contributed by atoms with Crippen LogP contribution < -0.4 is 10.1 Å². The van der Waals surface area contributed by atoms with Crippen LogP contribution in [0.3, 0.4) is 0 Å². The third-order valence-electron chi connectivity index (χ3n) is 2.36. The highest BCUT2D eigenvalue weighted by molar-refractivity contribution is 9.10. The van der Waals surface area contributed by atoms with E-state index in [9.17, 15) is 14.9 Å². The number of nitro benzene ring substituents is 1. The van der Waals surface area contributed by atoms with Crippen molar-refractivity contribution < 1.29 is 19.2 Å². The van der Waals surface area contributed by atoms with Crippen LogP contribution in [0.1, 0.15) is 27.2 Å². The number of carbonyl (C=O) groups is 1. The van der Waals surface area contributed by atoms with E-state index in [1.807, 2.05) is 0 Å². The van der Waals surface area contributed by atoms with Gasteiger partial charge in [-0.3, -0.25) is 10.1 Å². The molecule has 0 unspecified atom stereocenters. The van der Waals surface area contributed by atoms with Gasteiger partial charge in [-0.05, 0) is 39.3 Å². The van der Waals surface area contributed by atoms with Crippen LogP contribution in [-0.4, -0.2) is 29.8 Å². The Morgan fingerprint density at radius 3 is 2.68 bits per heavy atom. The Labute approximate surface area is 137 Å². The number of rotatable bonds is 6. The first-order chi connectivity index (χ1) is 10.2. The van der Waals surface area contributed by atoms with Gasteiger partial charge in [0.15, 0.2) is 5.75 Å². The van der Waals surface area contributed by atoms with Gasteiger partial charge in [0.25, 0.3) is 0 Å². The smallest absolute Gasteiger partial charge is 0.407 e. The molecule has 0 aliphatic rings. The molecule has 1 aromatic rings. The standard InChI is InChI=1S/C14H19BrN2O5/c1-14(2,3)22-13(18)16-7-4-8-21-12-6-5-10(15)9-11(12)17(19)20/h5-6,9H,4,7-8H2,1-3H3,(H,16,18). The van der Waals surface area contributed by atoms with Crippen LogP contribution in [0.25, 0.3) is 0 Å². The van der Waals surface area contributed by atoms with Gasteiger partial charge < -0.3 is 14.8 Å². The second-order valence-electron chi connectivity index (χ2n) is 5.50. The summed E-state index contributed by atoms with van der Waals surface area (Å²) < 4.78 is 11.1. The number of nitrogens with one attached hydrogen (secondary N) is 1. The molecule has 7 nitrogen and oxygen atoms in total. The van der Waals surface area contributed by atoms with E-state index in [-0.39, 0.29) is 18.0 Å². The number of amides is 1. The molecular formula is C14H19BrN2O5. The van der Waals surface area contributed by atoms with Crippen LogP contribution in [0.15, 0.2) is 22.7 Å². The maximum atomic E-state index is 11.4. The van der Waals surface area contributed by atoms with Crippen molar-refractivity contribution in [1.29, 1.82) is 0 Å². The summed E-state index contributed by atoms with van der Waals surface area (Å²) in [6.45, 7) is 5.95. The molecule has 0 bridgehead atoms. The van der Waals surface area contributed by atoms with E-state index in [0.29, 0.717) is 17.4 Å². The summed E-state index contributed by atoms with van der Waals surface area (Å²) in [6, 6.07) is 4.58. The van der Waals surface area contributed by atoms with Crippen molar-refractivity contribution in [3.63, 3.8) is 0 Å². The average Bonchev–Trinajstić information content (AvgIpc) is 2.37. The summed E-state index contributed by atoms with van der Waals surface area (Å²) in [6.07, 6.45) is 0.00837. The number of hydrogen-bond acceptors (Lipinski definition) is 5. The number of hydrogen-bond donors (Lipinski definition) is 1. The molecule has 0 spiro atoms. The minimum atomic E-state index is -0.543. The third kappa shape index (κ3) is 6.75. The molecule has 0 aliphatic carbocycles. The van der Waals surface area contributed by atoms with Crippen molar-refractivity contribution in [2.24, 2.45) is 0 Å². The molecule has 0 radical (unpaired) electrons. The Morgan fingerprint density at radius 1 is 1.41 bits per heavy atom. The molecule has 1 aromatic carbocycles. The number of alkyl carbamates (subject to hydrolysis) is 1. The molecule has 0 aliphatic heterocycles. The molecule has 0 saturated heterocycles. The number of ether oxygens (including phenoxy) is 2. The van der Waals surface area contributed by atoms with Crippen LogP contribution in [0.5, 0.6) is 5.75 Å². The number of halogens is 1. The second kappa shape index (κ2) is 7.98. The van der Waals surface area contributed by atoms with E-state index in [1.165, 1.54) is 12.1 Å². The zero-order valence-corrected chi connectivity index (χ0v) is 14.3. The summed E-state index contributed by atoms with van der Waals surface area (Å²) in [5.74, 6) is 0.200. The number of benzene rings is 1. The summed E-state index contributed by atoms with van der Waals surface area (Å²) in [4.78, 5) is 21.8. The quantitative estimate of drug-likeness (QED) is 0.466. The maximum absolute atomic E-state index is 11.4. The molecule has 1 amide bonds. The highest BCUT2D eigenvalue weighted by Crippen LogP contribution is 2.30. The van der Waals surface area contributed by atoms with Crippen LogP contribution in [-0.2, 0) is 4.74 Å². The molecule has 0 fully saturated rings. The van der Waals surface area contributed by atoms with Crippen molar-refractivity contribution >= 4 is 27.7 Å². The van der Waals surface area contributed by atoms with E-state index in [1.54, 1.807) is 26.8 Å². The molecule has 1 N–H and O–H groups in total. The first-order valence-corrected chi connectivity index (χ1v) is 7.52. The first kappa shape index (κ1) is 18.2. The van der Waals surface area contributed by atoms with Crippen molar-refractivity contribution in [1.82, 2.24) is 5.32 Å². The minimum Gasteiger partial charge on any atom is -0.487 e. The molecule has 1 rings (SSSR count). The van der Waals surface area contributed by atoms with Gasteiger partial charge in [-0.25, -0.2) is 4.79 Å². The second-order valence-corrected chi connectivity index (χ2v) is 6.42. The Morgan fingerprint density at radius 2 is 2.09 bits per heavy atom. The number of carbonyl (C=O) groups excluding carboxylic acids is 1. The van der Waals surface area contributed by atoms with Crippen LogP contribution in [0.4, 0.5) is 10.5 Å². The van der Waals surface area contributed by atoms with Crippen molar-refractivity contribution in [2.75, 3.05) is 13.2 Å². The van der Waals surface area contributed by atoms with Gasteiger partial charge in [0.05, 0.1) is 11.5 Å². The SMILES string of the molecule is CC(C)(C)OC(=O)NCCCOc1ccc(Br)cc1[N+](=O)[O-]. The van der Waals surface area contributed by atoms with Gasteiger partial charge >= 0.3 is 11.8 Å². The van der Waals surface area contributed by atoms with Crippen LogP contribution in [0.2, 0.25) is 0 Å². The zero-order chi connectivity index (χ0) is 16.8. The van der Waals surface area contributed by atoms with Crippen LogP contribution >= 0.6 is 15.9 Å². The van der Waals surface area contributed by atoms with Gasteiger partial charge in [0.1, 0.15) is 5.60 Å². The van der Waals surface area contributed by atoms with Gasteiger partial charge in [-0.1, -0.05) is 15.9 Å². The van der Waals surface area contributed by atoms with Crippen molar-refractivity contribution in [2.45, 2.75) is 32.8 Å². The highest BCUT2D eigenvalue weighted by Gasteiger charge is 2.16. The lowest BCUT2D eigenvalue weighted by Gasteiger charge is -2.19. The van der Waals surface area contributed by atoms with Gasteiger partial charge in [-0.15, -0.1) is 0 Å². The number of nitro groups is 1. The molecule has 0 atom stereocenters. The Kier molecular flexibility index (Phi) is 6.61. The molecule has 0 heterocycles. The lowest BCUT2D eigenvalue weighted by atomic mass is 10.2. The molecular weight excluding hydrogens is 356 g/mol. The van der Waals surface area contributed by atoms with E-state index in [4.69, 9.17) is 9.47 Å². The molecule has 0 saturated carbocycles. The Balaban J connectivity index is 2.37. The zero-order valence-electron chi connectivity index (χ0n) is 12.7. The fourth-order valence-corrected chi connectivity index (χ4v) is 1.86. The lowest BCUT2D eigenvalue weighted by Crippen LogP contribution is -2.33. The van der Waals surface area contributed by atoms with Crippen molar-refractivity contribution in [3.8, 4) is 5.75 Å². The van der Waals surface area contributed by atoms with Gasteiger partial charge in [0.2, 0.25) is 0 Å². The van der Waals surface area contributed by atoms with Crippen LogP contribution in [0, 0.1) is 10.1 Å². The van der Waals surface area contributed by atoms with E-state index in [0.717, 1.165) is 0 Å². The van der Waals surface area contributed by atoms with Gasteiger partial charge in [0, 0.05) is 17.1 Å². The molecule has 122 valence electrons. The molecule has 0 aromatic heterocycles. The number of nitrogens with zero attached hydrogens (tertiary/aromatic N) is 1. The van der Waals surface area contributed by atoms with E-state index < -0.39 is 16.6 Å². The first-order valence-electron chi connectivity index (χ1n) is 6.72. The fraction of sp³-hybridized carbons (Fsp3) is 0.500. The summed E-state index contributed by atoms with van der Waals surface area (Å²) in [5, 5.41) is 13.5. The van der Waals surface area contributed by atoms with Gasteiger partial charge in [-0.2, -0.15) is 0 Å². The fourth-order valence-electron chi connectivity index (χ4n) is 1.51. The average molecular weight is 375 g/mol. The summed E-state index contributed by atoms with van der Waals surface area (Å²) >= 11 is 3.18. The largest absolute Gasteiger partial charge is 0.487 e. The normalized spacial score (nSPS) is 10.9. The predicted octanol–water partition coefficient (Wildman–Crippen LogP) is 3.65. The Bertz CT molecular complexity index is 543. The van der Waals surface area contributed by atoms with E-state index in [2.05, 4.69) is 21.2 Å². The maximum Gasteiger partial charge on any atom is 0.407 e. The predicted molar refractivity (Wildman–Crippen MR) is 85.1 cm³/mol. The topological polar surface area (TPSA) is 90.7 Å². The highest BCUT2D eigenvalue weighted by atomic mass is 79.9. The minimum absolute atomic E-state index is 0.102. The molecule has 22 heavy (non-hydrogen) atoms. The lowest BCUT2D eigenvalue weighted by molar-refractivity contribution is -0.385. The summed E-state index contributed by atoms with van der Waals surface area (Å²) in [5.41, 5.74) is -0.645. The third-order valence-corrected chi connectivity index (χ3v) is 2.86. The van der Waals surface area contributed by atoms with Crippen molar-refractivity contribution in [3.05, 3.63) is 32.8 Å². The monoisotopic (exact) mass is 374 g/mol. The summed E-state index contributed by atoms with van der Waals surface area (Å²) in [7, 11) is 0. The molecule has 8 heteroatoms. The Hall–Kier alpha value is -1.83. The van der Waals surface area contributed by atoms with E-state index >= 15 is 0 Å².